The van der Waals surface area contributed by atoms with Crippen LogP contribution in [-0.2, 0) is 13.1 Å². The van der Waals surface area contributed by atoms with Gasteiger partial charge in [-0.05, 0) is 5.56 Å². The highest BCUT2D eigenvalue weighted by atomic mass is 35.5. The van der Waals surface area contributed by atoms with E-state index in [0.717, 1.165) is 13.1 Å². The molecular formula is C15H24ClN7. The van der Waals surface area contributed by atoms with Gasteiger partial charge in [0.1, 0.15) is 5.82 Å². The summed E-state index contributed by atoms with van der Waals surface area (Å²) in [6, 6.07) is 10.3. The molecule has 7 nitrogen and oxygen atoms in total. The summed E-state index contributed by atoms with van der Waals surface area (Å²) in [6.07, 6.45) is 0. The second-order valence-corrected chi connectivity index (χ2v) is 5.29. The molecule has 0 aliphatic heterocycles. The van der Waals surface area contributed by atoms with Crippen LogP contribution < -0.4 is 16.4 Å². The van der Waals surface area contributed by atoms with Crippen LogP contribution in [0.15, 0.2) is 30.3 Å². The first-order chi connectivity index (χ1) is 10.6. The van der Waals surface area contributed by atoms with Crippen molar-refractivity contribution < 1.29 is 0 Å². The van der Waals surface area contributed by atoms with Gasteiger partial charge in [-0.15, -0.1) is 12.4 Å². The fourth-order valence-electron chi connectivity index (χ4n) is 2.13. The Labute approximate surface area is 143 Å². The molecule has 0 atom stereocenters. The van der Waals surface area contributed by atoms with Crippen molar-refractivity contribution in [1.29, 1.82) is 0 Å². The largest absolute Gasteiger partial charge is 0.368 e. The summed E-state index contributed by atoms with van der Waals surface area (Å²) in [6.45, 7) is 2.71. The first kappa shape index (κ1) is 19.1. The van der Waals surface area contributed by atoms with Crippen LogP contribution in [-0.4, -0.2) is 47.0 Å². The SMILES string of the molecule is CN(C)c1nc(N)nc(CN(CCN)Cc2ccccc2)n1.Cl. The van der Waals surface area contributed by atoms with Crippen LogP contribution in [0, 0.1) is 0 Å². The third-order valence-electron chi connectivity index (χ3n) is 3.15. The van der Waals surface area contributed by atoms with Gasteiger partial charge in [-0.2, -0.15) is 15.0 Å². The van der Waals surface area contributed by atoms with Crippen molar-refractivity contribution in [2.75, 3.05) is 37.8 Å². The zero-order chi connectivity index (χ0) is 15.9. The molecule has 0 fully saturated rings. The lowest BCUT2D eigenvalue weighted by Crippen LogP contribution is -2.30. The van der Waals surface area contributed by atoms with Crippen LogP contribution in [0.5, 0.6) is 0 Å². The van der Waals surface area contributed by atoms with E-state index < -0.39 is 0 Å². The minimum Gasteiger partial charge on any atom is -0.368 e. The van der Waals surface area contributed by atoms with Gasteiger partial charge < -0.3 is 16.4 Å². The zero-order valence-electron chi connectivity index (χ0n) is 13.5. The second kappa shape index (κ2) is 9.24. The van der Waals surface area contributed by atoms with Crippen molar-refractivity contribution in [3.8, 4) is 0 Å². The molecular weight excluding hydrogens is 314 g/mol. The standard InChI is InChI=1S/C15H23N7.ClH/c1-21(2)15-19-13(18-14(17)20-15)11-22(9-8-16)10-12-6-4-3-5-7-12;/h3-7H,8-11,16H2,1-2H3,(H2,17,18,19,20);1H. The number of anilines is 2. The molecule has 2 rings (SSSR count). The summed E-state index contributed by atoms with van der Waals surface area (Å²) in [7, 11) is 3.75. The highest BCUT2D eigenvalue weighted by Crippen LogP contribution is 2.10. The highest BCUT2D eigenvalue weighted by molar-refractivity contribution is 5.85. The number of benzene rings is 1. The van der Waals surface area contributed by atoms with Crippen LogP contribution in [0.25, 0.3) is 0 Å². The molecule has 0 unspecified atom stereocenters. The van der Waals surface area contributed by atoms with Crippen molar-refractivity contribution >= 4 is 24.3 Å². The van der Waals surface area contributed by atoms with E-state index in [1.54, 1.807) is 0 Å². The fourth-order valence-corrected chi connectivity index (χ4v) is 2.13. The first-order valence-electron chi connectivity index (χ1n) is 7.22. The number of nitrogen functional groups attached to an aromatic ring is 1. The average Bonchev–Trinajstić information content (AvgIpc) is 2.48. The van der Waals surface area contributed by atoms with Gasteiger partial charge in [0.05, 0.1) is 6.54 Å². The quantitative estimate of drug-likeness (QED) is 0.774. The number of aromatic nitrogens is 3. The average molecular weight is 338 g/mol. The number of rotatable bonds is 7. The summed E-state index contributed by atoms with van der Waals surface area (Å²) >= 11 is 0. The van der Waals surface area contributed by atoms with Crippen LogP contribution in [0.1, 0.15) is 11.4 Å². The van der Waals surface area contributed by atoms with Gasteiger partial charge in [0.2, 0.25) is 11.9 Å². The molecule has 8 heteroatoms. The number of hydrogen-bond acceptors (Lipinski definition) is 7. The molecule has 0 aliphatic rings. The smallest absolute Gasteiger partial charge is 0.229 e. The van der Waals surface area contributed by atoms with E-state index in [1.807, 2.05) is 37.2 Å². The lowest BCUT2D eigenvalue weighted by molar-refractivity contribution is 0.257. The molecule has 0 bridgehead atoms. The number of hydrogen-bond donors (Lipinski definition) is 2. The van der Waals surface area contributed by atoms with Crippen LogP contribution in [0.4, 0.5) is 11.9 Å². The van der Waals surface area contributed by atoms with Gasteiger partial charge in [-0.25, -0.2) is 0 Å². The van der Waals surface area contributed by atoms with E-state index >= 15 is 0 Å². The molecule has 0 radical (unpaired) electrons. The maximum absolute atomic E-state index is 5.77. The summed E-state index contributed by atoms with van der Waals surface area (Å²) in [5.41, 5.74) is 12.7. The van der Waals surface area contributed by atoms with Crippen LogP contribution in [0.2, 0.25) is 0 Å². The lowest BCUT2D eigenvalue weighted by atomic mass is 10.2. The van der Waals surface area contributed by atoms with Crippen molar-refractivity contribution in [1.82, 2.24) is 19.9 Å². The molecule has 1 aromatic carbocycles. The monoisotopic (exact) mass is 337 g/mol. The molecule has 1 heterocycles. The molecule has 126 valence electrons. The van der Waals surface area contributed by atoms with Gasteiger partial charge in [0.15, 0.2) is 0 Å². The Morgan fingerprint density at radius 2 is 1.70 bits per heavy atom. The maximum atomic E-state index is 5.77. The molecule has 23 heavy (non-hydrogen) atoms. The normalized spacial score (nSPS) is 10.4. The third kappa shape index (κ3) is 5.97. The van der Waals surface area contributed by atoms with Gasteiger partial charge in [-0.1, -0.05) is 30.3 Å². The Morgan fingerprint density at radius 3 is 2.30 bits per heavy atom. The Morgan fingerprint density at radius 1 is 1.00 bits per heavy atom. The molecule has 1 aromatic heterocycles. The summed E-state index contributed by atoms with van der Waals surface area (Å²) in [5.74, 6) is 1.46. The number of nitrogens with zero attached hydrogens (tertiary/aromatic N) is 5. The molecule has 4 N–H and O–H groups in total. The minimum absolute atomic E-state index is 0. The number of halogens is 1. The lowest BCUT2D eigenvalue weighted by Gasteiger charge is -2.21. The first-order valence-corrected chi connectivity index (χ1v) is 7.22. The van der Waals surface area contributed by atoms with Crippen molar-refractivity contribution in [2.24, 2.45) is 5.73 Å². The van der Waals surface area contributed by atoms with E-state index in [2.05, 4.69) is 32.0 Å². The summed E-state index contributed by atoms with van der Waals surface area (Å²) < 4.78 is 0. The van der Waals surface area contributed by atoms with E-state index in [9.17, 15) is 0 Å². The third-order valence-corrected chi connectivity index (χ3v) is 3.15. The zero-order valence-corrected chi connectivity index (χ0v) is 14.3. The van der Waals surface area contributed by atoms with Crippen molar-refractivity contribution in [3.05, 3.63) is 41.7 Å². The predicted molar refractivity (Wildman–Crippen MR) is 95.4 cm³/mol. The molecule has 0 aliphatic carbocycles. The molecule has 2 aromatic rings. The van der Waals surface area contributed by atoms with Crippen molar-refractivity contribution in [2.45, 2.75) is 13.1 Å². The Bertz CT molecular complexity index is 592. The summed E-state index contributed by atoms with van der Waals surface area (Å²) in [4.78, 5) is 16.8. The van der Waals surface area contributed by atoms with E-state index in [0.29, 0.717) is 24.9 Å². The molecule has 0 saturated carbocycles. The minimum atomic E-state index is 0. The molecule has 0 amide bonds. The predicted octanol–water partition coefficient (Wildman–Crippen LogP) is 0.903. The van der Waals surface area contributed by atoms with E-state index in [-0.39, 0.29) is 18.4 Å². The molecule has 0 spiro atoms. The van der Waals surface area contributed by atoms with Gasteiger partial charge in [-0.3, -0.25) is 4.90 Å². The maximum Gasteiger partial charge on any atom is 0.229 e. The van der Waals surface area contributed by atoms with Gasteiger partial charge >= 0.3 is 0 Å². The van der Waals surface area contributed by atoms with E-state index in [1.165, 1.54) is 5.56 Å². The molecule has 0 saturated heterocycles. The van der Waals surface area contributed by atoms with Crippen LogP contribution in [0.3, 0.4) is 0 Å². The highest BCUT2D eigenvalue weighted by Gasteiger charge is 2.11. The fraction of sp³-hybridized carbons (Fsp3) is 0.400. The topological polar surface area (TPSA) is 97.2 Å². The summed E-state index contributed by atoms with van der Waals surface area (Å²) in [5, 5.41) is 0. The van der Waals surface area contributed by atoms with E-state index in [4.69, 9.17) is 11.5 Å². The Kier molecular flexibility index (Phi) is 7.67. The number of nitrogens with two attached hydrogens (primary N) is 2. The van der Waals surface area contributed by atoms with Gasteiger partial charge in [0.25, 0.3) is 0 Å². The Balaban J connectivity index is 0.00000264. The van der Waals surface area contributed by atoms with Crippen molar-refractivity contribution in [3.63, 3.8) is 0 Å². The second-order valence-electron chi connectivity index (χ2n) is 5.29. The van der Waals surface area contributed by atoms with Gasteiger partial charge in [0, 0.05) is 33.7 Å². The Hall–Kier alpha value is -1.96. The van der Waals surface area contributed by atoms with Crippen LogP contribution >= 0.6 is 12.4 Å².